The third kappa shape index (κ3) is 4.19. The number of rotatable bonds is 7. The summed E-state index contributed by atoms with van der Waals surface area (Å²) in [6, 6.07) is 7.01. The standard InChI is InChI=1S/C16H20N8O/c1-12-6-11-24(22-12)15-5-4-14(20-21-15)17-8-9-18-16(25)13(2)23-10-3-7-19-23/h3-7,10-11,13H,8-9H2,1-2H3,(H,17,20)(H,18,25). The maximum absolute atomic E-state index is 12.0. The summed E-state index contributed by atoms with van der Waals surface area (Å²) in [5.74, 6) is 1.21. The van der Waals surface area contributed by atoms with Gasteiger partial charge < -0.3 is 10.6 Å². The monoisotopic (exact) mass is 340 g/mol. The van der Waals surface area contributed by atoms with Gasteiger partial charge in [-0.25, -0.2) is 4.68 Å². The van der Waals surface area contributed by atoms with Crippen molar-refractivity contribution in [3.63, 3.8) is 0 Å². The number of aryl methyl sites for hydroxylation is 1. The molecule has 130 valence electrons. The molecule has 3 heterocycles. The zero-order valence-corrected chi connectivity index (χ0v) is 14.1. The number of hydrogen-bond donors (Lipinski definition) is 2. The zero-order chi connectivity index (χ0) is 17.6. The first-order valence-electron chi connectivity index (χ1n) is 8.00. The van der Waals surface area contributed by atoms with Crippen molar-refractivity contribution in [2.24, 2.45) is 0 Å². The molecule has 0 bridgehead atoms. The average Bonchev–Trinajstić information content (AvgIpc) is 3.30. The highest BCUT2D eigenvalue weighted by molar-refractivity contribution is 5.79. The predicted octanol–water partition coefficient (Wildman–Crippen LogP) is 0.957. The molecule has 0 aliphatic heterocycles. The molecule has 25 heavy (non-hydrogen) atoms. The lowest BCUT2D eigenvalue weighted by molar-refractivity contribution is -0.124. The van der Waals surface area contributed by atoms with Crippen LogP contribution in [-0.4, -0.2) is 48.8 Å². The number of carbonyl (C=O) groups is 1. The van der Waals surface area contributed by atoms with Gasteiger partial charge in [0.2, 0.25) is 5.91 Å². The van der Waals surface area contributed by atoms with Crippen LogP contribution in [0.25, 0.3) is 5.82 Å². The molecule has 3 aromatic heterocycles. The van der Waals surface area contributed by atoms with Crippen LogP contribution >= 0.6 is 0 Å². The molecular weight excluding hydrogens is 320 g/mol. The lowest BCUT2D eigenvalue weighted by Gasteiger charge is -2.13. The highest BCUT2D eigenvalue weighted by atomic mass is 16.2. The summed E-state index contributed by atoms with van der Waals surface area (Å²) in [7, 11) is 0. The summed E-state index contributed by atoms with van der Waals surface area (Å²) in [5, 5.41) is 22.6. The van der Waals surface area contributed by atoms with Crippen LogP contribution in [-0.2, 0) is 4.79 Å². The summed E-state index contributed by atoms with van der Waals surface area (Å²) < 4.78 is 3.28. The van der Waals surface area contributed by atoms with E-state index in [4.69, 9.17) is 0 Å². The molecule has 1 atom stereocenters. The Bertz CT molecular complexity index is 809. The van der Waals surface area contributed by atoms with Crippen LogP contribution in [0.1, 0.15) is 18.7 Å². The van der Waals surface area contributed by atoms with E-state index in [0.29, 0.717) is 24.7 Å². The molecule has 0 saturated heterocycles. The predicted molar refractivity (Wildman–Crippen MR) is 92.3 cm³/mol. The van der Waals surface area contributed by atoms with Gasteiger partial charge in [0, 0.05) is 31.7 Å². The summed E-state index contributed by atoms with van der Waals surface area (Å²) in [6.45, 7) is 4.75. The van der Waals surface area contributed by atoms with E-state index in [1.54, 1.807) is 34.7 Å². The van der Waals surface area contributed by atoms with Crippen molar-refractivity contribution in [1.29, 1.82) is 0 Å². The van der Waals surface area contributed by atoms with Gasteiger partial charge in [0.15, 0.2) is 5.82 Å². The van der Waals surface area contributed by atoms with Crippen molar-refractivity contribution >= 4 is 11.7 Å². The minimum absolute atomic E-state index is 0.0824. The maximum Gasteiger partial charge on any atom is 0.244 e. The summed E-state index contributed by atoms with van der Waals surface area (Å²) in [5.41, 5.74) is 0.920. The smallest absolute Gasteiger partial charge is 0.244 e. The summed E-state index contributed by atoms with van der Waals surface area (Å²) in [6.07, 6.45) is 5.25. The van der Waals surface area contributed by atoms with Crippen LogP contribution < -0.4 is 10.6 Å². The number of nitrogens with one attached hydrogen (secondary N) is 2. The second kappa shape index (κ2) is 7.56. The van der Waals surface area contributed by atoms with Crippen molar-refractivity contribution in [3.8, 4) is 5.82 Å². The first-order chi connectivity index (χ1) is 12.1. The highest BCUT2D eigenvalue weighted by Crippen LogP contribution is 2.06. The van der Waals surface area contributed by atoms with Crippen LogP contribution in [0.5, 0.6) is 0 Å². The van der Waals surface area contributed by atoms with E-state index in [1.807, 2.05) is 31.3 Å². The van der Waals surface area contributed by atoms with E-state index >= 15 is 0 Å². The van der Waals surface area contributed by atoms with E-state index in [0.717, 1.165) is 5.69 Å². The molecule has 0 radical (unpaired) electrons. The van der Waals surface area contributed by atoms with Gasteiger partial charge in [0.05, 0.1) is 5.69 Å². The SMILES string of the molecule is Cc1ccn(-c2ccc(NCCNC(=O)C(C)n3cccn3)nn2)n1. The first-order valence-corrected chi connectivity index (χ1v) is 8.00. The van der Waals surface area contributed by atoms with E-state index < -0.39 is 0 Å². The lowest BCUT2D eigenvalue weighted by atomic mass is 10.3. The molecule has 1 unspecified atom stereocenters. The molecule has 0 aromatic carbocycles. The fourth-order valence-corrected chi connectivity index (χ4v) is 2.24. The van der Waals surface area contributed by atoms with Crippen molar-refractivity contribution in [2.75, 3.05) is 18.4 Å². The van der Waals surface area contributed by atoms with Gasteiger partial charge in [-0.1, -0.05) is 0 Å². The number of carbonyl (C=O) groups excluding carboxylic acids is 1. The Morgan fingerprint density at radius 3 is 2.72 bits per heavy atom. The van der Waals surface area contributed by atoms with Crippen LogP contribution in [0.3, 0.4) is 0 Å². The van der Waals surface area contributed by atoms with E-state index in [1.165, 1.54) is 0 Å². The van der Waals surface area contributed by atoms with Gasteiger partial charge in [0.1, 0.15) is 11.9 Å². The van der Waals surface area contributed by atoms with E-state index in [2.05, 4.69) is 31.0 Å². The summed E-state index contributed by atoms with van der Waals surface area (Å²) in [4.78, 5) is 12.0. The minimum Gasteiger partial charge on any atom is -0.367 e. The molecule has 1 amide bonds. The normalized spacial score (nSPS) is 11.9. The van der Waals surface area contributed by atoms with Gasteiger partial charge in [0.25, 0.3) is 0 Å². The Morgan fingerprint density at radius 2 is 2.08 bits per heavy atom. The maximum atomic E-state index is 12.0. The molecule has 0 fully saturated rings. The lowest BCUT2D eigenvalue weighted by Crippen LogP contribution is -2.34. The van der Waals surface area contributed by atoms with Gasteiger partial charge in [-0.05, 0) is 38.1 Å². The highest BCUT2D eigenvalue weighted by Gasteiger charge is 2.13. The molecule has 2 N–H and O–H groups in total. The molecule has 0 saturated carbocycles. The summed E-state index contributed by atoms with van der Waals surface area (Å²) >= 11 is 0. The number of hydrogen-bond acceptors (Lipinski definition) is 6. The van der Waals surface area contributed by atoms with Crippen LogP contribution in [0, 0.1) is 6.92 Å². The molecule has 0 aliphatic rings. The van der Waals surface area contributed by atoms with Gasteiger partial charge in [-0.2, -0.15) is 10.2 Å². The quantitative estimate of drug-likeness (QED) is 0.621. The van der Waals surface area contributed by atoms with Gasteiger partial charge in [-0.15, -0.1) is 10.2 Å². The van der Waals surface area contributed by atoms with Crippen LogP contribution in [0.2, 0.25) is 0 Å². The molecule has 0 spiro atoms. The molecule has 9 nitrogen and oxygen atoms in total. The fourth-order valence-electron chi connectivity index (χ4n) is 2.24. The van der Waals surface area contributed by atoms with Crippen molar-refractivity contribution < 1.29 is 4.79 Å². The average molecular weight is 340 g/mol. The van der Waals surface area contributed by atoms with Crippen LogP contribution in [0.15, 0.2) is 42.9 Å². The van der Waals surface area contributed by atoms with Crippen molar-refractivity contribution in [2.45, 2.75) is 19.9 Å². The minimum atomic E-state index is -0.341. The number of nitrogens with zero attached hydrogens (tertiary/aromatic N) is 6. The molecule has 3 aromatic rings. The molecule has 3 rings (SSSR count). The Kier molecular flexibility index (Phi) is 5.03. The Labute approximate surface area is 145 Å². The largest absolute Gasteiger partial charge is 0.367 e. The number of anilines is 1. The first kappa shape index (κ1) is 16.6. The number of aromatic nitrogens is 6. The Balaban J connectivity index is 1.44. The number of amides is 1. The topological polar surface area (TPSA) is 103 Å². The zero-order valence-electron chi connectivity index (χ0n) is 14.1. The fraction of sp³-hybridized carbons (Fsp3) is 0.312. The Morgan fingerprint density at radius 1 is 1.20 bits per heavy atom. The molecule has 0 aliphatic carbocycles. The third-order valence-corrected chi connectivity index (χ3v) is 3.64. The van der Waals surface area contributed by atoms with Crippen molar-refractivity contribution in [3.05, 3.63) is 48.5 Å². The third-order valence-electron chi connectivity index (χ3n) is 3.64. The van der Waals surface area contributed by atoms with E-state index in [-0.39, 0.29) is 11.9 Å². The van der Waals surface area contributed by atoms with E-state index in [9.17, 15) is 4.79 Å². The van der Waals surface area contributed by atoms with Crippen molar-refractivity contribution in [1.82, 2.24) is 35.1 Å². The van der Waals surface area contributed by atoms with Gasteiger partial charge >= 0.3 is 0 Å². The molecular formula is C16H20N8O. The second-order valence-electron chi connectivity index (χ2n) is 5.56. The Hall–Kier alpha value is -3.23. The second-order valence-corrected chi connectivity index (χ2v) is 5.56. The van der Waals surface area contributed by atoms with Gasteiger partial charge in [-0.3, -0.25) is 9.48 Å². The molecule has 9 heteroatoms. The van der Waals surface area contributed by atoms with Crippen LogP contribution in [0.4, 0.5) is 5.82 Å².